The van der Waals surface area contributed by atoms with Crippen LogP contribution in [0.4, 0.5) is 0 Å². The van der Waals surface area contributed by atoms with Gasteiger partial charge in [0.2, 0.25) is 5.91 Å². The normalized spacial score (nSPS) is 28.4. The lowest BCUT2D eigenvalue weighted by Gasteiger charge is -2.29. The van der Waals surface area contributed by atoms with Gasteiger partial charge in [0.15, 0.2) is 0 Å². The number of amides is 1. The van der Waals surface area contributed by atoms with Crippen LogP contribution in [-0.4, -0.2) is 54.5 Å². The van der Waals surface area contributed by atoms with Crippen LogP contribution in [0.2, 0.25) is 0 Å². The third-order valence-corrected chi connectivity index (χ3v) is 4.74. The Kier molecular flexibility index (Phi) is 5.22. The van der Waals surface area contributed by atoms with E-state index in [-0.39, 0.29) is 17.9 Å². The summed E-state index contributed by atoms with van der Waals surface area (Å²) < 4.78 is 0. The Morgan fingerprint density at radius 2 is 1.89 bits per heavy atom. The Labute approximate surface area is 117 Å². The van der Waals surface area contributed by atoms with Gasteiger partial charge in [-0.05, 0) is 45.2 Å². The summed E-state index contributed by atoms with van der Waals surface area (Å²) in [6, 6.07) is -0.0476. The second-order valence-electron chi connectivity index (χ2n) is 6.45. The molecule has 2 heterocycles. The van der Waals surface area contributed by atoms with Crippen molar-refractivity contribution in [2.24, 2.45) is 17.6 Å². The van der Waals surface area contributed by atoms with E-state index in [0.29, 0.717) is 5.92 Å². The first kappa shape index (κ1) is 14.8. The zero-order valence-corrected chi connectivity index (χ0v) is 12.5. The summed E-state index contributed by atoms with van der Waals surface area (Å²) in [7, 11) is 0. The molecule has 2 N–H and O–H groups in total. The van der Waals surface area contributed by atoms with Gasteiger partial charge in [0.25, 0.3) is 0 Å². The average molecular weight is 267 g/mol. The number of carbonyl (C=O) groups is 1. The highest BCUT2D eigenvalue weighted by Crippen LogP contribution is 2.21. The van der Waals surface area contributed by atoms with Crippen LogP contribution in [0.3, 0.4) is 0 Å². The highest BCUT2D eigenvalue weighted by molar-refractivity contribution is 5.79. The van der Waals surface area contributed by atoms with Gasteiger partial charge in [0.05, 0.1) is 5.92 Å². The van der Waals surface area contributed by atoms with E-state index >= 15 is 0 Å². The van der Waals surface area contributed by atoms with Gasteiger partial charge in [-0.3, -0.25) is 4.79 Å². The highest BCUT2D eigenvalue weighted by atomic mass is 16.2. The van der Waals surface area contributed by atoms with Gasteiger partial charge in [-0.1, -0.05) is 13.3 Å². The van der Waals surface area contributed by atoms with Crippen molar-refractivity contribution in [1.82, 2.24) is 9.80 Å². The molecule has 110 valence electrons. The standard InChI is InChI=1S/C15H29N3O/c1-12(13(2)16)15(19)18-9-6-14(11-18)10-17-7-4-3-5-8-17/h12-14H,3-11,16H2,1-2H3. The molecule has 1 amide bonds. The zero-order valence-electron chi connectivity index (χ0n) is 12.5. The van der Waals surface area contributed by atoms with Crippen LogP contribution in [0.5, 0.6) is 0 Å². The molecule has 2 rings (SSSR count). The minimum atomic E-state index is -0.0476. The molecular formula is C15H29N3O. The Balaban J connectivity index is 1.77. The predicted octanol–water partition coefficient (Wildman–Crippen LogP) is 1.30. The summed E-state index contributed by atoms with van der Waals surface area (Å²) in [6.45, 7) is 9.41. The molecule has 4 nitrogen and oxygen atoms in total. The van der Waals surface area contributed by atoms with E-state index in [4.69, 9.17) is 5.73 Å². The molecule has 3 unspecified atom stereocenters. The Bertz CT molecular complexity index is 300. The topological polar surface area (TPSA) is 49.6 Å². The van der Waals surface area contributed by atoms with Crippen molar-refractivity contribution >= 4 is 5.91 Å². The van der Waals surface area contributed by atoms with E-state index in [1.54, 1.807) is 0 Å². The first-order valence-electron chi connectivity index (χ1n) is 7.84. The first-order valence-corrected chi connectivity index (χ1v) is 7.84. The molecule has 0 aromatic carbocycles. The minimum absolute atomic E-state index is 0.0475. The van der Waals surface area contributed by atoms with Gasteiger partial charge < -0.3 is 15.5 Å². The Morgan fingerprint density at radius 3 is 2.53 bits per heavy atom. The number of rotatable bonds is 4. The molecule has 0 aliphatic carbocycles. The second-order valence-corrected chi connectivity index (χ2v) is 6.45. The van der Waals surface area contributed by atoms with Gasteiger partial charge in [0, 0.05) is 25.7 Å². The van der Waals surface area contributed by atoms with Crippen molar-refractivity contribution in [3.05, 3.63) is 0 Å². The summed E-state index contributed by atoms with van der Waals surface area (Å²) in [6.07, 6.45) is 5.24. The molecule has 2 aliphatic rings. The molecule has 4 heteroatoms. The SMILES string of the molecule is CC(N)C(C)C(=O)N1CCC(CN2CCCCC2)C1. The molecule has 3 atom stereocenters. The lowest BCUT2D eigenvalue weighted by atomic mass is 10.0. The maximum atomic E-state index is 12.3. The number of nitrogens with zero attached hydrogens (tertiary/aromatic N) is 2. The first-order chi connectivity index (χ1) is 9.08. The van der Waals surface area contributed by atoms with Crippen LogP contribution in [0.1, 0.15) is 39.5 Å². The molecule has 0 bridgehead atoms. The van der Waals surface area contributed by atoms with Crippen molar-refractivity contribution < 1.29 is 4.79 Å². The zero-order chi connectivity index (χ0) is 13.8. The van der Waals surface area contributed by atoms with Gasteiger partial charge in [-0.2, -0.15) is 0 Å². The van der Waals surface area contributed by atoms with Gasteiger partial charge >= 0.3 is 0 Å². The third-order valence-electron chi connectivity index (χ3n) is 4.74. The number of likely N-dealkylation sites (tertiary alicyclic amines) is 2. The number of carbonyl (C=O) groups excluding carboxylic acids is 1. The summed E-state index contributed by atoms with van der Waals surface area (Å²) in [5.74, 6) is 0.868. The molecule has 0 aromatic heterocycles. The van der Waals surface area contributed by atoms with Crippen molar-refractivity contribution in [1.29, 1.82) is 0 Å². The fraction of sp³-hybridized carbons (Fsp3) is 0.933. The fourth-order valence-corrected chi connectivity index (χ4v) is 3.20. The van der Waals surface area contributed by atoms with Crippen molar-refractivity contribution in [3.63, 3.8) is 0 Å². The molecular weight excluding hydrogens is 238 g/mol. The van der Waals surface area contributed by atoms with Gasteiger partial charge in [-0.25, -0.2) is 0 Å². The minimum Gasteiger partial charge on any atom is -0.342 e. The molecule has 2 aliphatic heterocycles. The smallest absolute Gasteiger partial charge is 0.226 e. The monoisotopic (exact) mass is 267 g/mol. The van der Waals surface area contributed by atoms with E-state index in [2.05, 4.69) is 4.90 Å². The van der Waals surface area contributed by atoms with E-state index in [1.807, 2.05) is 18.7 Å². The summed E-state index contributed by atoms with van der Waals surface area (Å²) in [5, 5.41) is 0. The Morgan fingerprint density at radius 1 is 1.21 bits per heavy atom. The number of hydrogen-bond acceptors (Lipinski definition) is 3. The van der Waals surface area contributed by atoms with Gasteiger partial charge in [0.1, 0.15) is 0 Å². The van der Waals surface area contributed by atoms with Gasteiger partial charge in [-0.15, -0.1) is 0 Å². The summed E-state index contributed by atoms with van der Waals surface area (Å²) in [5.41, 5.74) is 5.83. The van der Waals surface area contributed by atoms with Crippen molar-refractivity contribution in [2.45, 2.75) is 45.6 Å². The molecule has 2 saturated heterocycles. The lowest BCUT2D eigenvalue weighted by Crippen LogP contribution is -2.41. The molecule has 0 radical (unpaired) electrons. The lowest BCUT2D eigenvalue weighted by molar-refractivity contribution is -0.134. The molecule has 19 heavy (non-hydrogen) atoms. The molecule has 2 fully saturated rings. The second kappa shape index (κ2) is 6.71. The average Bonchev–Trinajstić information content (AvgIpc) is 2.86. The number of nitrogens with two attached hydrogens (primary N) is 1. The quantitative estimate of drug-likeness (QED) is 0.835. The Hall–Kier alpha value is -0.610. The predicted molar refractivity (Wildman–Crippen MR) is 77.8 cm³/mol. The number of piperidine rings is 1. The van der Waals surface area contributed by atoms with E-state index in [1.165, 1.54) is 38.9 Å². The van der Waals surface area contributed by atoms with Crippen LogP contribution >= 0.6 is 0 Å². The maximum absolute atomic E-state index is 12.3. The van der Waals surface area contributed by atoms with Crippen LogP contribution in [0.25, 0.3) is 0 Å². The van der Waals surface area contributed by atoms with Crippen molar-refractivity contribution in [3.8, 4) is 0 Å². The molecule has 0 spiro atoms. The molecule has 0 aromatic rings. The van der Waals surface area contributed by atoms with E-state index in [0.717, 1.165) is 19.5 Å². The summed E-state index contributed by atoms with van der Waals surface area (Å²) in [4.78, 5) is 16.9. The van der Waals surface area contributed by atoms with E-state index in [9.17, 15) is 4.79 Å². The largest absolute Gasteiger partial charge is 0.342 e. The van der Waals surface area contributed by atoms with E-state index < -0.39 is 0 Å². The maximum Gasteiger partial charge on any atom is 0.226 e. The third kappa shape index (κ3) is 3.93. The van der Waals surface area contributed by atoms with Crippen LogP contribution in [0.15, 0.2) is 0 Å². The fourth-order valence-electron chi connectivity index (χ4n) is 3.20. The summed E-state index contributed by atoms with van der Waals surface area (Å²) >= 11 is 0. The molecule has 0 saturated carbocycles. The van der Waals surface area contributed by atoms with Crippen LogP contribution < -0.4 is 5.73 Å². The number of hydrogen-bond donors (Lipinski definition) is 1. The highest BCUT2D eigenvalue weighted by Gasteiger charge is 2.31. The van der Waals surface area contributed by atoms with Crippen molar-refractivity contribution in [2.75, 3.05) is 32.7 Å². The van der Waals surface area contributed by atoms with Crippen LogP contribution in [-0.2, 0) is 4.79 Å². The van der Waals surface area contributed by atoms with Crippen LogP contribution in [0, 0.1) is 11.8 Å².